The third-order valence-electron chi connectivity index (χ3n) is 1.81. The highest BCUT2D eigenvalue weighted by Crippen LogP contribution is 1.94. The van der Waals surface area contributed by atoms with Gasteiger partial charge in [-0.05, 0) is 6.42 Å². The Morgan fingerprint density at radius 1 is 1.50 bits per heavy atom. The molecule has 0 radical (unpaired) electrons. The molecule has 2 atom stereocenters. The third kappa shape index (κ3) is 4.20. The minimum absolute atomic E-state index is 0.0164. The third-order valence-corrected chi connectivity index (χ3v) is 1.81. The zero-order chi connectivity index (χ0) is 11.1. The van der Waals surface area contributed by atoms with Crippen LogP contribution in [-0.4, -0.2) is 40.8 Å². The number of nitrogens with one attached hydrogen (secondary N) is 1. The highest BCUT2D eigenvalue weighted by molar-refractivity contribution is 5.86. The van der Waals surface area contributed by atoms with Gasteiger partial charge in [-0.25, -0.2) is 4.79 Å². The molecule has 0 saturated heterocycles. The largest absolute Gasteiger partial charge is 0.480 e. The smallest absolute Gasteiger partial charge is 0.326 e. The van der Waals surface area contributed by atoms with E-state index in [2.05, 4.69) is 5.32 Å². The number of hydrogen-bond donors (Lipinski definition) is 4. The zero-order valence-corrected chi connectivity index (χ0v) is 8.06. The van der Waals surface area contributed by atoms with Gasteiger partial charge in [0.1, 0.15) is 6.04 Å². The van der Waals surface area contributed by atoms with E-state index in [1.54, 1.807) is 6.92 Å². The van der Waals surface area contributed by atoms with Crippen molar-refractivity contribution in [2.24, 2.45) is 5.73 Å². The first kappa shape index (κ1) is 12.9. The first-order chi connectivity index (χ1) is 6.52. The van der Waals surface area contributed by atoms with Gasteiger partial charge in [0, 0.05) is 13.0 Å². The molecule has 1 unspecified atom stereocenters. The van der Waals surface area contributed by atoms with Gasteiger partial charge in [0.15, 0.2) is 0 Å². The molecule has 6 nitrogen and oxygen atoms in total. The molecule has 0 saturated carbocycles. The van der Waals surface area contributed by atoms with Gasteiger partial charge >= 0.3 is 5.97 Å². The van der Waals surface area contributed by atoms with E-state index in [-0.39, 0.29) is 13.0 Å². The fourth-order valence-electron chi connectivity index (χ4n) is 0.851. The lowest BCUT2D eigenvalue weighted by Gasteiger charge is -2.15. The van der Waals surface area contributed by atoms with Crippen LogP contribution in [0.15, 0.2) is 0 Å². The van der Waals surface area contributed by atoms with Gasteiger partial charge in [-0.3, -0.25) is 4.79 Å². The second-order valence-electron chi connectivity index (χ2n) is 2.93. The number of rotatable bonds is 6. The van der Waals surface area contributed by atoms with Gasteiger partial charge < -0.3 is 21.3 Å². The Morgan fingerprint density at radius 3 is 2.43 bits per heavy atom. The van der Waals surface area contributed by atoms with Gasteiger partial charge in [-0.15, -0.1) is 0 Å². The molecule has 82 valence electrons. The van der Waals surface area contributed by atoms with Crippen molar-refractivity contribution >= 4 is 11.9 Å². The van der Waals surface area contributed by atoms with Crippen molar-refractivity contribution in [1.82, 2.24) is 5.32 Å². The summed E-state index contributed by atoms with van der Waals surface area (Å²) in [5.41, 5.74) is 5.39. The summed E-state index contributed by atoms with van der Waals surface area (Å²) in [5.74, 6) is -1.68. The summed E-state index contributed by atoms with van der Waals surface area (Å²) in [6, 6.07) is -1.76. The van der Waals surface area contributed by atoms with Crippen molar-refractivity contribution in [3.05, 3.63) is 0 Å². The Hall–Kier alpha value is -1.14. The molecule has 5 N–H and O–H groups in total. The Bertz CT molecular complexity index is 208. The van der Waals surface area contributed by atoms with Crippen LogP contribution in [0.3, 0.4) is 0 Å². The van der Waals surface area contributed by atoms with Crippen molar-refractivity contribution < 1.29 is 19.8 Å². The molecule has 0 rings (SSSR count). The molecule has 14 heavy (non-hydrogen) atoms. The molecule has 0 aromatic carbocycles. The number of carbonyl (C=O) groups is 2. The summed E-state index contributed by atoms with van der Waals surface area (Å²) in [6.07, 6.45) is 0.425. The zero-order valence-electron chi connectivity index (χ0n) is 8.06. The second kappa shape index (κ2) is 6.33. The van der Waals surface area contributed by atoms with Crippen molar-refractivity contribution in [2.75, 3.05) is 6.61 Å². The highest BCUT2D eigenvalue weighted by Gasteiger charge is 2.21. The lowest BCUT2D eigenvalue weighted by atomic mass is 10.1. The Kier molecular flexibility index (Phi) is 5.82. The molecule has 0 aliphatic heterocycles. The van der Waals surface area contributed by atoms with Gasteiger partial charge in [-0.1, -0.05) is 6.92 Å². The summed E-state index contributed by atoms with van der Waals surface area (Å²) in [4.78, 5) is 21.8. The van der Waals surface area contributed by atoms with Gasteiger partial charge in [0.2, 0.25) is 5.91 Å². The monoisotopic (exact) mass is 204 g/mol. The predicted molar refractivity (Wildman–Crippen MR) is 49.5 cm³/mol. The lowest BCUT2D eigenvalue weighted by Crippen LogP contribution is -2.48. The Morgan fingerprint density at radius 2 is 2.07 bits per heavy atom. The molecule has 0 fully saturated rings. The van der Waals surface area contributed by atoms with Gasteiger partial charge in [0.25, 0.3) is 0 Å². The molecule has 0 aromatic heterocycles. The Labute approximate surface area is 82.1 Å². The minimum atomic E-state index is -1.17. The SMILES string of the molecule is CCC(N)C(=O)N[C@H](CCO)C(=O)O. The summed E-state index contributed by atoms with van der Waals surface area (Å²) in [5, 5.41) is 19.4. The average molecular weight is 204 g/mol. The molecule has 0 heterocycles. The van der Waals surface area contributed by atoms with E-state index in [1.165, 1.54) is 0 Å². The molecule has 0 aliphatic carbocycles. The van der Waals surface area contributed by atoms with Crippen molar-refractivity contribution in [2.45, 2.75) is 31.8 Å². The van der Waals surface area contributed by atoms with Crippen LogP contribution in [0.25, 0.3) is 0 Å². The van der Waals surface area contributed by atoms with Crippen LogP contribution in [-0.2, 0) is 9.59 Å². The normalized spacial score (nSPS) is 14.5. The standard InChI is InChI=1S/C8H16N2O4/c1-2-5(9)7(12)10-6(3-4-11)8(13)14/h5-6,11H,2-4,9H2,1H3,(H,10,12)(H,13,14)/t5?,6-/m1/s1. The number of carbonyl (C=O) groups excluding carboxylic acids is 1. The molecule has 0 spiro atoms. The topological polar surface area (TPSA) is 113 Å². The minimum Gasteiger partial charge on any atom is -0.480 e. The highest BCUT2D eigenvalue weighted by atomic mass is 16.4. The number of carboxylic acids is 1. The average Bonchev–Trinajstić information content (AvgIpc) is 2.15. The first-order valence-corrected chi connectivity index (χ1v) is 4.42. The predicted octanol–water partition coefficient (Wildman–Crippen LogP) is -1.32. The molecular weight excluding hydrogens is 188 g/mol. The van der Waals surface area contributed by atoms with E-state index >= 15 is 0 Å². The first-order valence-electron chi connectivity index (χ1n) is 4.42. The van der Waals surface area contributed by atoms with E-state index in [4.69, 9.17) is 15.9 Å². The molecular formula is C8H16N2O4. The van der Waals surface area contributed by atoms with Crippen LogP contribution in [0, 0.1) is 0 Å². The quantitative estimate of drug-likeness (QED) is 0.428. The number of amides is 1. The summed E-state index contributed by atoms with van der Waals surface area (Å²) in [7, 11) is 0. The van der Waals surface area contributed by atoms with E-state index in [9.17, 15) is 9.59 Å². The maximum atomic E-state index is 11.2. The number of aliphatic carboxylic acids is 1. The molecule has 6 heteroatoms. The fraction of sp³-hybridized carbons (Fsp3) is 0.750. The van der Waals surface area contributed by atoms with Crippen LogP contribution >= 0.6 is 0 Å². The van der Waals surface area contributed by atoms with Gasteiger partial charge in [0.05, 0.1) is 6.04 Å². The number of carboxylic acid groups (broad SMARTS) is 1. The van der Waals surface area contributed by atoms with E-state index in [0.717, 1.165) is 0 Å². The number of nitrogens with two attached hydrogens (primary N) is 1. The summed E-state index contributed by atoms with van der Waals surface area (Å²) >= 11 is 0. The van der Waals surface area contributed by atoms with E-state index in [0.29, 0.717) is 6.42 Å². The second-order valence-corrected chi connectivity index (χ2v) is 2.93. The van der Waals surface area contributed by atoms with Gasteiger partial charge in [-0.2, -0.15) is 0 Å². The molecule has 0 bridgehead atoms. The molecule has 1 amide bonds. The van der Waals surface area contributed by atoms with Crippen molar-refractivity contribution in [3.63, 3.8) is 0 Å². The van der Waals surface area contributed by atoms with Crippen LogP contribution in [0.5, 0.6) is 0 Å². The molecule has 0 aromatic rings. The lowest BCUT2D eigenvalue weighted by molar-refractivity contribution is -0.142. The van der Waals surface area contributed by atoms with E-state index < -0.39 is 24.0 Å². The number of aliphatic hydroxyl groups is 1. The summed E-state index contributed by atoms with van der Waals surface area (Å²) < 4.78 is 0. The van der Waals surface area contributed by atoms with Crippen molar-refractivity contribution in [1.29, 1.82) is 0 Å². The van der Waals surface area contributed by atoms with Crippen LogP contribution in [0.4, 0.5) is 0 Å². The molecule has 0 aliphatic rings. The van der Waals surface area contributed by atoms with Crippen LogP contribution in [0.1, 0.15) is 19.8 Å². The number of aliphatic hydroxyl groups excluding tert-OH is 1. The van der Waals surface area contributed by atoms with Crippen molar-refractivity contribution in [3.8, 4) is 0 Å². The van der Waals surface area contributed by atoms with Crippen LogP contribution < -0.4 is 11.1 Å². The number of hydrogen-bond acceptors (Lipinski definition) is 4. The van der Waals surface area contributed by atoms with Crippen LogP contribution in [0.2, 0.25) is 0 Å². The summed E-state index contributed by atoms with van der Waals surface area (Å²) in [6.45, 7) is 1.44. The maximum Gasteiger partial charge on any atom is 0.326 e. The maximum absolute atomic E-state index is 11.2. The van der Waals surface area contributed by atoms with E-state index in [1.807, 2.05) is 0 Å². The fourth-order valence-corrected chi connectivity index (χ4v) is 0.851. The Balaban J connectivity index is 4.15.